The number of aromatic nitrogens is 3. The average Bonchev–Trinajstić information content (AvgIpc) is 3.41. The van der Waals surface area contributed by atoms with Crippen LogP contribution in [0.15, 0.2) is 66.2 Å². The Morgan fingerprint density at radius 1 is 1.03 bits per heavy atom. The third kappa shape index (κ3) is 5.80. The second-order valence-electron chi connectivity index (χ2n) is 9.23. The Labute approximate surface area is 227 Å². The van der Waals surface area contributed by atoms with E-state index in [1.165, 1.54) is 6.07 Å². The van der Waals surface area contributed by atoms with Crippen LogP contribution in [0.2, 0.25) is 0 Å². The van der Waals surface area contributed by atoms with E-state index in [2.05, 4.69) is 20.3 Å². The van der Waals surface area contributed by atoms with Gasteiger partial charge in [0, 0.05) is 34.6 Å². The smallest absolute Gasteiger partial charge is 0.416 e. The number of anilines is 2. The van der Waals surface area contributed by atoms with Gasteiger partial charge in [-0.1, -0.05) is 18.2 Å². The SMILES string of the molecule is COc1cc(-c2ccc3nc(C)nc(N[C@H](C)c4cc(N)cc(C(F)(F)F)c4)c3c2)ccc1Cc1nccs1. The number of rotatable bonds is 7. The van der Waals surface area contributed by atoms with Crippen molar-refractivity contribution in [1.29, 1.82) is 0 Å². The fraction of sp³-hybridized carbons (Fsp3) is 0.207. The Balaban J connectivity index is 1.50. The number of nitrogens with zero attached hydrogens (tertiary/aromatic N) is 3. The summed E-state index contributed by atoms with van der Waals surface area (Å²) in [7, 11) is 1.64. The molecule has 0 radical (unpaired) electrons. The van der Waals surface area contributed by atoms with Gasteiger partial charge in [0.2, 0.25) is 0 Å². The van der Waals surface area contributed by atoms with Crippen LogP contribution in [0.4, 0.5) is 24.7 Å². The lowest BCUT2D eigenvalue weighted by atomic mass is 10.00. The lowest BCUT2D eigenvalue weighted by molar-refractivity contribution is -0.137. The van der Waals surface area contributed by atoms with Crippen molar-refractivity contribution in [2.75, 3.05) is 18.2 Å². The Bertz CT molecular complexity index is 1640. The maximum Gasteiger partial charge on any atom is 0.416 e. The first-order valence-corrected chi connectivity index (χ1v) is 13.1. The number of fused-ring (bicyclic) bond motifs is 1. The van der Waals surface area contributed by atoms with E-state index < -0.39 is 17.8 Å². The van der Waals surface area contributed by atoms with Crippen molar-refractivity contribution in [3.05, 3.63) is 93.7 Å². The van der Waals surface area contributed by atoms with Crippen LogP contribution in [0.1, 0.15) is 40.5 Å². The fourth-order valence-corrected chi connectivity index (χ4v) is 5.13. The van der Waals surface area contributed by atoms with Gasteiger partial charge in [-0.15, -0.1) is 11.3 Å². The summed E-state index contributed by atoms with van der Waals surface area (Å²) in [6.07, 6.45) is -2.03. The zero-order valence-electron chi connectivity index (χ0n) is 21.5. The quantitative estimate of drug-likeness (QED) is 0.205. The van der Waals surface area contributed by atoms with Crippen molar-refractivity contribution < 1.29 is 17.9 Å². The lowest BCUT2D eigenvalue weighted by Gasteiger charge is -2.19. The average molecular weight is 550 g/mol. The molecule has 0 aliphatic rings. The summed E-state index contributed by atoms with van der Waals surface area (Å²) in [6.45, 7) is 3.55. The molecule has 0 unspecified atom stereocenters. The van der Waals surface area contributed by atoms with E-state index >= 15 is 0 Å². The Morgan fingerprint density at radius 3 is 2.51 bits per heavy atom. The predicted octanol–water partition coefficient (Wildman–Crippen LogP) is 7.44. The van der Waals surface area contributed by atoms with E-state index in [1.54, 1.807) is 38.5 Å². The standard InChI is InChI=1S/C29H26F3N5OS/c1-16(21-10-22(29(30,31)32)15-23(33)11-21)35-28-24-12-18(6-7-25(24)36-17(2)37-28)19-4-5-20(26(13-19)38-3)14-27-34-8-9-39-27/h4-13,15-16H,14,33H2,1-3H3,(H,35,36,37)/t16-/m1/s1. The van der Waals surface area contributed by atoms with Crippen molar-refractivity contribution in [2.24, 2.45) is 0 Å². The van der Waals surface area contributed by atoms with Gasteiger partial charge in [-0.25, -0.2) is 15.0 Å². The maximum absolute atomic E-state index is 13.4. The number of hydrogen-bond donors (Lipinski definition) is 2. The Morgan fingerprint density at radius 2 is 1.79 bits per heavy atom. The molecule has 10 heteroatoms. The molecule has 0 amide bonds. The molecule has 3 aromatic carbocycles. The summed E-state index contributed by atoms with van der Waals surface area (Å²) in [5, 5.41) is 6.98. The van der Waals surface area contributed by atoms with Crippen LogP contribution in [-0.2, 0) is 12.6 Å². The normalized spacial score (nSPS) is 12.5. The molecule has 2 heterocycles. The van der Waals surface area contributed by atoms with Crippen LogP contribution < -0.4 is 15.8 Å². The van der Waals surface area contributed by atoms with Crippen LogP contribution in [-0.4, -0.2) is 22.1 Å². The number of hydrogen-bond acceptors (Lipinski definition) is 7. The number of aryl methyl sites for hydroxylation is 1. The number of nitrogens with one attached hydrogen (secondary N) is 1. The molecule has 0 saturated heterocycles. The van der Waals surface area contributed by atoms with E-state index in [1.807, 2.05) is 41.8 Å². The predicted molar refractivity (Wildman–Crippen MR) is 149 cm³/mol. The molecule has 0 aliphatic heterocycles. The first kappa shape index (κ1) is 26.4. The van der Waals surface area contributed by atoms with E-state index in [4.69, 9.17) is 10.5 Å². The van der Waals surface area contributed by atoms with E-state index in [-0.39, 0.29) is 5.69 Å². The molecule has 0 saturated carbocycles. The van der Waals surface area contributed by atoms with E-state index in [0.29, 0.717) is 23.6 Å². The van der Waals surface area contributed by atoms with Gasteiger partial charge in [-0.2, -0.15) is 13.2 Å². The maximum atomic E-state index is 13.4. The first-order chi connectivity index (χ1) is 18.6. The minimum atomic E-state index is -4.49. The summed E-state index contributed by atoms with van der Waals surface area (Å²) in [5.74, 6) is 1.83. The van der Waals surface area contributed by atoms with Gasteiger partial charge in [-0.05, 0) is 66.9 Å². The van der Waals surface area contributed by atoms with Crippen LogP contribution in [0, 0.1) is 6.92 Å². The highest BCUT2D eigenvalue weighted by atomic mass is 32.1. The monoisotopic (exact) mass is 549 g/mol. The number of nitrogen functional groups attached to an aromatic ring is 1. The molecule has 200 valence electrons. The second kappa shape index (κ2) is 10.5. The number of halogens is 3. The van der Waals surface area contributed by atoms with Crippen molar-refractivity contribution >= 4 is 33.7 Å². The van der Waals surface area contributed by atoms with Gasteiger partial charge in [0.1, 0.15) is 17.4 Å². The molecule has 6 nitrogen and oxygen atoms in total. The number of ether oxygens (including phenoxy) is 1. The Kier molecular flexibility index (Phi) is 7.14. The third-order valence-electron chi connectivity index (χ3n) is 6.41. The minimum absolute atomic E-state index is 0.0479. The zero-order chi connectivity index (χ0) is 27.7. The molecule has 3 N–H and O–H groups in total. The largest absolute Gasteiger partial charge is 0.496 e. The van der Waals surface area contributed by atoms with Crippen LogP contribution in [0.3, 0.4) is 0 Å². The Hall–Kier alpha value is -4.18. The van der Waals surface area contributed by atoms with E-state index in [9.17, 15) is 13.2 Å². The van der Waals surface area contributed by atoms with Crippen molar-refractivity contribution in [3.63, 3.8) is 0 Å². The second-order valence-corrected chi connectivity index (χ2v) is 10.2. The molecule has 2 aromatic heterocycles. The van der Waals surface area contributed by atoms with Gasteiger partial charge >= 0.3 is 6.18 Å². The van der Waals surface area contributed by atoms with Gasteiger partial charge in [0.25, 0.3) is 0 Å². The summed E-state index contributed by atoms with van der Waals surface area (Å²) in [5.41, 5.74) is 9.08. The van der Waals surface area contributed by atoms with Crippen LogP contribution in [0.5, 0.6) is 5.75 Å². The van der Waals surface area contributed by atoms with Gasteiger partial charge in [0.15, 0.2) is 0 Å². The van der Waals surface area contributed by atoms with Crippen LogP contribution >= 0.6 is 11.3 Å². The molecular weight excluding hydrogens is 523 g/mol. The number of nitrogens with two attached hydrogens (primary N) is 1. The highest BCUT2D eigenvalue weighted by Crippen LogP contribution is 2.35. The summed E-state index contributed by atoms with van der Waals surface area (Å²) < 4.78 is 45.8. The van der Waals surface area contributed by atoms with E-state index in [0.717, 1.165) is 50.5 Å². The number of thiazole rings is 1. The van der Waals surface area contributed by atoms with Gasteiger partial charge in [-0.3, -0.25) is 0 Å². The molecule has 0 aliphatic carbocycles. The van der Waals surface area contributed by atoms with Crippen LogP contribution in [0.25, 0.3) is 22.0 Å². The number of benzene rings is 3. The molecule has 5 rings (SSSR count). The third-order valence-corrected chi connectivity index (χ3v) is 7.19. The topological polar surface area (TPSA) is 86.0 Å². The molecule has 5 aromatic rings. The minimum Gasteiger partial charge on any atom is -0.496 e. The molecule has 0 bridgehead atoms. The van der Waals surface area contributed by atoms with Crippen molar-refractivity contribution in [3.8, 4) is 16.9 Å². The highest BCUT2D eigenvalue weighted by Gasteiger charge is 2.31. The molecular formula is C29H26F3N5OS. The number of methoxy groups -OCH3 is 1. The molecule has 39 heavy (non-hydrogen) atoms. The first-order valence-electron chi connectivity index (χ1n) is 12.2. The summed E-state index contributed by atoms with van der Waals surface area (Å²) in [6, 6.07) is 15.0. The fourth-order valence-electron chi connectivity index (χ4n) is 4.49. The lowest BCUT2D eigenvalue weighted by Crippen LogP contribution is -2.12. The van der Waals surface area contributed by atoms with Gasteiger partial charge < -0.3 is 15.8 Å². The zero-order valence-corrected chi connectivity index (χ0v) is 22.3. The highest BCUT2D eigenvalue weighted by molar-refractivity contribution is 7.09. The molecule has 0 fully saturated rings. The molecule has 0 spiro atoms. The number of alkyl halides is 3. The molecule has 1 atom stereocenters. The summed E-state index contributed by atoms with van der Waals surface area (Å²) >= 11 is 1.60. The summed E-state index contributed by atoms with van der Waals surface area (Å²) in [4.78, 5) is 13.5. The van der Waals surface area contributed by atoms with Crippen molar-refractivity contribution in [2.45, 2.75) is 32.5 Å². The van der Waals surface area contributed by atoms with Gasteiger partial charge in [0.05, 0.1) is 29.2 Å². The van der Waals surface area contributed by atoms with Crippen molar-refractivity contribution in [1.82, 2.24) is 15.0 Å².